The molecule has 72 valence electrons. The molecule has 0 aliphatic heterocycles. The molecule has 2 rings (SSSR count). The summed E-state index contributed by atoms with van der Waals surface area (Å²) in [5, 5.41) is -0.693. The Morgan fingerprint density at radius 1 is 1.29 bits per heavy atom. The van der Waals surface area contributed by atoms with Crippen LogP contribution in [0.2, 0.25) is 5.28 Å². The lowest BCUT2D eigenvalue weighted by Crippen LogP contribution is -2.10. The van der Waals surface area contributed by atoms with Crippen molar-refractivity contribution in [2.45, 2.75) is 0 Å². The highest BCUT2D eigenvalue weighted by Gasteiger charge is 2.11. The molecule has 0 spiro atoms. The third-order valence-electron chi connectivity index (χ3n) is 1.73. The van der Waals surface area contributed by atoms with Crippen LogP contribution in [0.5, 0.6) is 0 Å². The Morgan fingerprint density at radius 2 is 1.93 bits per heavy atom. The minimum atomic E-state index is -0.827. The van der Waals surface area contributed by atoms with Crippen LogP contribution in [0.15, 0.2) is 16.9 Å². The molecular formula is C8H3ClF2N2O. The normalized spacial score (nSPS) is 10.8. The lowest BCUT2D eigenvalue weighted by atomic mass is 10.2. The summed E-state index contributed by atoms with van der Waals surface area (Å²) >= 11 is 5.39. The van der Waals surface area contributed by atoms with E-state index in [2.05, 4.69) is 9.97 Å². The Labute approximate surface area is 81.3 Å². The van der Waals surface area contributed by atoms with Crippen LogP contribution in [-0.4, -0.2) is 9.97 Å². The topological polar surface area (TPSA) is 45.8 Å². The van der Waals surface area contributed by atoms with Crippen LogP contribution in [0.3, 0.4) is 0 Å². The molecule has 3 nitrogen and oxygen atoms in total. The van der Waals surface area contributed by atoms with E-state index >= 15 is 0 Å². The molecule has 1 aromatic heterocycles. The summed E-state index contributed by atoms with van der Waals surface area (Å²) in [4.78, 5) is 16.8. The predicted molar refractivity (Wildman–Crippen MR) is 47.3 cm³/mol. The van der Waals surface area contributed by atoms with Crippen molar-refractivity contribution in [3.63, 3.8) is 0 Å². The molecule has 0 fully saturated rings. The van der Waals surface area contributed by atoms with Crippen molar-refractivity contribution in [2.75, 3.05) is 0 Å². The zero-order valence-corrected chi connectivity index (χ0v) is 7.40. The number of hydrogen-bond acceptors (Lipinski definition) is 2. The second kappa shape index (κ2) is 3.02. The van der Waals surface area contributed by atoms with Gasteiger partial charge in [-0.2, -0.15) is 0 Å². The van der Waals surface area contributed by atoms with Gasteiger partial charge in [-0.05, 0) is 23.7 Å². The van der Waals surface area contributed by atoms with E-state index in [0.29, 0.717) is 0 Å². The number of nitrogens with zero attached hydrogens (tertiary/aromatic N) is 1. The smallest absolute Gasteiger partial charge is 0.262 e. The van der Waals surface area contributed by atoms with E-state index in [1.54, 1.807) is 0 Å². The molecule has 0 saturated heterocycles. The first-order valence-electron chi connectivity index (χ1n) is 3.63. The highest BCUT2D eigenvalue weighted by atomic mass is 35.5. The Kier molecular flexibility index (Phi) is 1.96. The first-order chi connectivity index (χ1) is 6.59. The number of aromatic nitrogens is 2. The van der Waals surface area contributed by atoms with Crippen LogP contribution in [0.25, 0.3) is 10.9 Å². The number of aromatic amines is 1. The van der Waals surface area contributed by atoms with Crippen molar-refractivity contribution in [3.05, 3.63) is 39.4 Å². The summed E-state index contributed by atoms with van der Waals surface area (Å²) in [6.45, 7) is 0. The van der Waals surface area contributed by atoms with E-state index in [9.17, 15) is 13.6 Å². The summed E-state index contributed by atoms with van der Waals surface area (Å²) in [6.07, 6.45) is 0. The molecule has 2 aromatic rings. The molecule has 0 radical (unpaired) electrons. The highest BCUT2D eigenvalue weighted by Crippen LogP contribution is 2.16. The van der Waals surface area contributed by atoms with Crippen molar-refractivity contribution >= 4 is 22.5 Å². The standard InChI is InChI=1S/C8H3ClF2N2O/c9-8-12-6-4(11)2-1-3(10)5(6)7(14)13-8/h1-2H,(H,12,13,14). The van der Waals surface area contributed by atoms with E-state index in [1.165, 1.54) is 0 Å². The molecule has 6 heteroatoms. The molecule has 1 heterocycles. The zero-order valence-electron chi connectivity index (χ0n) is 6.64. The molecule has 1 N–H and O–H groups in total. The lowest BCUT2D eigenvalue weighted by Gasteiger charge is -1.99. The van der Waals surface area contributed by atoms with Gasteiger partial charge in [-0.1, -0.05) is 0 Å². The number of H-pyrrole nitrogens is 1. The van der Waals surface area contributed by atoms with E-state index in [0.717, 1.165) is 12.1 Å². The van der Waals surface area contributed by atoms with Crippen LogP contribution in [-0.2, 0) is 0 Å². The lowest BCUT2D eigenvalue weighted by molar-refractivity contribution is 0.614. The van der Waals surface area contributed by atoms with E-state index in [4.69, 9.17) is 11.6 Å². The highest BCUT2D eigenvalue weighted by molar-refractivity contribution is 6.28. The van der Waals surface area contributed by atoms with Crippen LogP contribution >= 0.6 is 11.6 Å². The first kappa shape index (κ1) is 9.08. The molecule has 0 bridgehead atoms. The van der Waals surface area contributed by atoms with E-state index in [-0.39, 0.29) is 10.8 Å². The minimum Gasteiger partial charge on any atom is -0.297 e. The maximum atomic E-state index is 13.1. The molecule has 0 saturated carbocycles. The van der Waals surface area contributed by atoms with Gasteiger partial charge in [-0.3, -0.25) is 9.78 Å². The van der Waals surface area contributed by atoms with Crippen molar-refractivity contribution in [1.82, 2.24) is 9.97 Å². The van der Waals surface area contributed by atoms with Crippen LogP contribution in [0.4, 0.5) is 8.78 Å². The van der Waals surface area contributed by atoms with E-state index < -0.39 is 22.6 Å². The van der Waals surface area contributed by atoms with Crippen molar-refractivity contribution in [3.8, 4) is 0 Å². The Bertz CT molecular complexity index is 567. The third kappa shape index (κ3) is 1.26. The Balaban J connectivity index is 3.08. The van der Waals surface area contributed by atoms with E-state index in [1.807, 2.05) is 0 Å². The molecular weight excluding hydrogens is 214 g/mol. The second-order valence-corrected chi connectivity index (χ2v) is 2.97. The van der Waals surface area contributed by atoms with Crippen LogP contribution in [0.1, 0.15) is 0 Å². The number of rotatable bonds is 0. The number of hydrogen-bond donors (Lipinski definition) is 1. The minimum absolute atomic E-state index is 0.271. The molecule has 0 unspecified atom stereocenters. The number of fused-ring (bicyclic) bond motifs is 1. The van der Waals surface area contributed by atoms with Gasteiger partial charge in [0, 0.05) is 0 Å². The summed E-state index contributed by atoms with van der Waals surface area (Å²) in [7, 11) is 0. The summed E-state index contributed by atoms with van der Waals surface area (Å²) < 4.78 is 26.2. The van der Waals surface area contributed by atoms with Crippen molar-refractivity contribution in [1.29, 1.82) is 0 Å². The summed E-state index contributed by atoms with van der Waals surface area (Å²) in [5.41, 5.74) is -1.16. The molecule has 0 aliphatic rings. The fourth-order valence-electron chi connectivity index (χ4n) is 1.15. The van der Waals surface area contributed by atoms with Crippen LogP contribution in [0, 0.1) is 11.6 Å². The van der Waals surface area contributed by atoms with Gasteiger partial charge in [-0.25, -0.2) is 13.8 Å². The van der Waals surface area contributed by atoms with Gasteiger partial charge in [0.15, 0.2) is 0 Å². The molecule has 0 amide bonds. The molecule has 0 aliphatic carbocycles. The maximum absolute atomic E-state index is 13.1. The van der Waals surface area contributed by atoms with Gasteiger partial charge in [0.05, 0.1) is 0 Å². The molecule has 1 aromatic carbocycles. The van der Waals surface area contributed by atoms with Gasteiger partial charge in [-0.15, -0.1) is 0 Å². The predicted octanol–water partition coefficient (Wildman–Crippen LogP) is 1.85. The average Bonchev–Trinajstić information content (AvgIpc) is 2.10. The number of halogens is 3. The fourth-order valence-corrected chi connectivity index (χ4v) is 1.32. The molecule has 0 atom stereocenters. The summed E-state index contributed by atoms with van der Waals surface area (Å²) in [5.74, 6) is -1.61. The molecule has 14 heavy (non-hydrogen) atoms. The average molecular weight is 217 g/mol. The van der Waals surface area contributed by atoms with Gasteiger partial charge in [0.25, 0.3) is 5.56 Å². The second-order valence-electron chi connectivity index (χ2n) is 2.61. The Hall–Kier alpha value is -1.49. The maximum Gasteiger partial charge on any atom is 0.262 e. The summed E-state index contributed by atoms with van der Waals surface area (Å²) in [6, 6.07) is 1.75. The van der Waals surface area contributed by atoms with Gasteiger partial charge in [0.2, 0.25) is 5.28 Å². The number of nitrogens with one attached hydrogen (secondary N) is 1. The zero-order chi connectivity index (χ0) is 10.3. The van der Waals surface area contributed by atoms with Crippen LogP contribution < -0.4 is 5.56 Å². The SMILES string of the molecule is O=c1[nH]c(Cl)nc2c(F)ccc(F)c12. The van der Waals surface area contributed by atoms with Gasteiger partial charge < -0.3 is 0 Å². The first-order valence-corrected chi connectivity index (χ1v) is 4.01. The van der Waals surface area contributed by atoms with Crippen molar-refractivity contribution < 1.29 is 8.78 Å². The number of benzene rings is 1. The monoisotopic (exact) mass is 216 g/mol. The van der Waals surface area contributed by atoms with Gasteiger partial charge in [0.1, 0.15) is 22.5 Å². The Morgan fingerprint density at radius 3 is 2.64 bits per heavy atom. The van der Waals surface area contributed by atoms with Crippen molar-refractivity contribution in [2.24, 2.45) is 0 Å². The van der Waals surface area contributed by atoms with Gasteiger partial charge >= 0.3 is 0 Å². The third-order valence-corrected chi connectivity index (χ3v) is 1.91. The largest absolute Gasteiger partial charge is 0.297 e. The fraction of sp³-hybridized carbons (Fsp3) is 0. The quantitative estimate of drug-likeness (QED) is 0.683.